The van der Waals surface area contributed by atoms with E-state index in [0.29, 0.717) is 29.0 Å². The molecule has 0 radical (unpaired) electrons. The first kappa shape index (κ1) is 30.1. The third kappa shape index (κ3) is 6.72. The minimum Gasteiger partial charge on any atom is -0.351 e. The van der Waals surface area contributed by atoms with Crippen molar-refractivity contribution >= 4 is 46.2 Å². The molecule has 0 aromatic heterocycles. The molecule has 0 saturated heterocycles. The van der Waals surface area contributed by atoms with E-state index in [4.69, 9.17) is 5.73 Å². The molecule has 4 rings (SSSR count). The summed E-state index contributed by atoms with van der Waals surface area (Å²) in [4.78, 5) is 54.0. The average molecular weight is 565 g/mol. The number of carbonyl (C=O) groups excluding carboxylic acids is 4. The summed E-state index contributed by atoms with van der Waals surface area (Å²) in [5.41, 5.74) is 9.71. The molecule has 42 heavy (non-hydrogen) atoms. The highest BCUT2D eigenvalue weighted by atomic mass is 16.2. The van der Waals surface area contributed by atoms with Crippen molar-refractivity contribution in [3.05, 3.63) is 107 Å². The van der Waals surface area contributed by atoms with Crippen LogP contribution in [0, 0.1) is 6.92 Å². The summed E-state index contributed by atoms with van der Waals surface area (Å²) < 4.78 is 0. The Balaban J connectivity index is 1.77. The standard InChI is InChI=1S/C34H36N4O4/c1-22-13-14-27-9-5-6-10-29(27)30(22)20-37(21-39)31-11-7-8-12-32(31)38(19-23(2)36-33(41)24(3)35)34(42)28-17-15-26(16-18-28)25(4)40/h5-18,21,23-24H,19-20,35H2,1-4H3,(H,36,41). The highest BCUT2D eigenvalue weighted by molar-refractivity contribution is 6.09. The molecule has 2 unspecified atom stereocenters. The van der Waals surface area contributed by atoms with E-state index in [2.05, 4.69) is 11.4 Å². The third-order valence-electron chi connectivity index (χ3n) is 7.25. The quantitative estimate of drug-likeness (QED) is 0.196. The molecular formula is C34H36N4O4. The Morgan fingerprint density at radius 1 is 0.857 bits per heavy atom. The fourth-order valence-electron chi connectivity index (χ4n) is 4.93. The van der Waals surface area contributed by atoms with Gasteiger partial charge in [-0.05, 0) is 73.9 Å². The van der Waals surface area contributed by atoms with E-state index in [0.717, 1.165) is 28.3 Å². The molecule has 0 fully saturated rings. The van der Waals surface area contributed by atoms with Gasteiger partial charge in [-0.15, -0.1) is 0 Å². The molecule has 0 aliphatic heterocycles. The number of benzene rings is 4. The number of amides is 3. The van der Waals surface area contributed by atoms with Gasteiger partial charge in [-0.2, -0.15) is 0 Å². The van der Waals surface area contributed by atoms with Crippen LogP contribution in [0.1, 0.15) is 52.6 Å². The van der Waals surface area contributed by atoms with Gasteiger partial charge in [0, 0.05) is 23.7 Å². The molecule has 3 N–H and O–H groups in total. The number of aryl methyl sites for hydroxylation is 1. The molecule has 8 nitrogen and oxygen atoms in total. The Kier molecular flexibility index (Phi) is 9.49. The Bertz CT molecular complexity index is 1610. The van der Waals surface area contributed by atoms with E-state index in [1.165, 1.54) is 6.92 Å². The number of nitrogens with zero attached hydrogens (tertiary/aromatic N) is 2. The van der Waals surface area contributed by atoms with Gasteiger partial charge >= 0.3 is 0 Å². The van der Waals surface area contributed by atoms with Crippen molar-refractivity contribution in [3.8, 4) is 0 Å². The van der Waals surface area contributed by atoms with Crippen molar-refractivity contribution in [1.82, 2.24) is 5.32 Å². The van der Waals surface area contributed by atoms with E-state index in [1.807, 2.05) is 43.3 Å². The molecule has 3 amide bonds. The van der Waals surface area contributed by atoms with Gasteiger partial charge in [0.25, 0.3) is 5.91 Å². The average Bonchev–Trinajstić information content (AvgIpc) is 2.99. The second-order valence-electron chi connectivity index (χ2n) is 10.6. The van der Waals surface area contributed by atoms with Crippen LogP contribution in [0.3, 0.4) is 0 Å². The zero-order valence-electron chi connectivity index (χ0n) is 24.3. The number of Topliss-reactive ketones (excluding diaryl/α,β-unsaturated/α-hetero) is 1. The van der Waals surface area contributed by atoms with E-state index in [1.54, 1.807) is 66.1 Å². The minimum absolute atomic E-state index is 0.103. The number of nitrogens with one attached hydrogen (secondary N) is 1. The summed E-state index contributed by atoms with van der Waals surface area (Å²) in [6, 6.07) is 24.6. The molecule has 0 aliphatic rings. The van der Waals surface area contributed by atoms with Crippen LogP contribution in [0.4, 0.5) is 11.4 Å². The molecular weight excluding hydrogens is 528 g/mol. The van der Waals surface area contributed by atoms with E-state index < -0.39 is 12.1 Å². The molecule has 4 aromatic carbocycles. The van der Waals surface area contributed by atoms with Gasteiger partial charge in [0.2, 0.25) is 12.3 Å². The van der Waals surface area contributed by atoms with Crippen molar-refractivity contribution in [2.75, 3.05) is 16.3 Å². The lowest BCUT2D eigenvalue weighted by Crippen LogP contribution is -2.48. The summed E-state index contributed by atoms with van der Waals surface area (Å²) in [6.07, 6.45) is 0.770. The zero-order valence-corrected chi connectivity index (χ0v) is 24.3. The molecule has 0 aliphatic carbocycles. The number of ketones is 1. The molecule has 0 bridgehead atoms. The minimum atomic E-state index is -0.711. The summed E-state index contributed by atoms with van der Waals surface area (Å²) >= 11 is 0. The summed E-state index contributed by atoms with van der Waals surface area (Å²) in [5.74, 6) is -0.782. The van der Waals surface area contributed by atoms with E-state index in [9.17, 15) is 19.2 Å². The van der Waals surface area contributed by atoms with Crippen molar-refractivity contribution in [2.24, 2.45) is 5.73 Å². The Labute approximate surface area is 246 Å². The van der Waals surface area contributed by atoms with Crippen LogP contribution in [-0.2, 0) is 16.1 Å². The van der Waals surface area contributed by atoms with Crippen molar-refractivity contribution in [2.45, 2.75) is 46.3 Å². The summed E-state index contributed by atoms with van der Waals surface area (Å²) in [5, 5.41) is 4.97. The monoisotopic (exact) mass is 564 g/mol. The number of hydrogen-bond acceptors (Lipinski definition) is 5. The number of nitrogens with two attached hydrogens (primary N) is 1. The van der Waals surface area contributed by atoms with Gasteiger partial charge in [0.05, 0.1) is 24.0 Å². The van der Waals surface area contributed by atoms with Gasteiger partial charge in [0.1, 0.15) is 0 Å². The molecule has 2 atom stereocenters. The summed E-state index contributed by atoms with van der Waals surface area (Å²) in [6.45, 7) is 7.27. The molecule has 0 heterocycles. The van der Waals surface area contributed by atoms with Crippen LogP contribution in [0.5, 0.6) is 0 Å². The van der Waals surface area contributed by atoms with Crippen LogP contribution in [0.2, 0.25) is 0 Å². The second kappa shape index (κ2) is 13.2. The molecule has 4 aromatic rings. The Morgan fingerprint density at radius 2 is 1.48 bits per heavy atom. The van der Waals surface area contributed by atoms with Gasteiger partial charge in [-0.25, -0.2) is 0 Å². The number of anilines is 2. The Hall–Kier alpha value is -4.82. The molecule has 0 saturated carbocycles. The van der Waals surface area contributed by atoms with E-state index >= 15 is 0 Å². The smallest absolute Gasteiger partial charge is 0.258 e. The molecule has 0 spiro atoms. The van der Waals surface area contributed by atoms with Gasteiger partial charge in [-0.3, -0.25) is 19.2 Å². The zero-order chi connectivity index (χ0) is 30.4. The molecule has 8 heteroatoms. The predicted octanol–water partition coefficient (Wildman–Crippen LogP) is 5.01. The lowest BCUT2D eigenvalue weighted by molar-refractivity contribution is -0.122. The number of para-hydroxylation sites is 2. The van der Waals surface area contributed by atoms with Gasteiger partial charge in [-0.1, -0.05) is 60.7 Å². The highest BCUT2D eigenvalue weighted by Gasteiger charge is 2.26. The number of hydrogen-bond donors (Lipinski definition) is 2. The lowest BCUT2D eigenvalue weighted by atomic mass is 9.99. The third-order valence-corrected chi connectivity index (χ3v) is 7.25. The normalized spacial score (nSPS) is 12.3. The topological polar surface area (TPSA) is 113 Å². The fourth-order valence-corrected chi connectivity index (χ4v) is 4.93. The second-order valence-corrected chi connectivity index (χ2v) is 10.6. The first-order valence-electron chi connectivity index (χ1n) is 13.9. The first-order valence-corrected chi connectivity index (χ1v) is 13.9. The first-order chi connectivity index (χ1) is 20.1. The fraction of sp³-hybridized carbons (Fsp3) is 0.235. The summed E-state index contributed by atoms with van der Waals surface area (Å²) in [7, 11) is 0. The van der Waals surface area contributed by atoms with Crippen LogP contribution in [0.25, 0.3) is 10.8 Å². The number of rotatable bonds is 11. The number of carbonyl (C=O) groups is 4. The van der Waals surface area contributed by atoms with Crippen LogP contribution in [0.15, 0.2) is 84.9 Å². The predicted molar refractivity (Wildman–Crippen MR) is 167 cm³/mol. The SMILES string of the molecule is CC(=O)c1ccc(C(=O)N(CC(C)NC(=O)C(C)N)c2ccccc2N(C=O)Cc2c(C)ccc3ccccc23)cc1. The van der Waals surface area contributed by atoms with Crippen molar-refractivity contribution in [3.63, 3.8) is 0 Å². The Morgan fingerprint density at radius 3 is 2.12 bits per heavy atom. The van der Waals surface area contributed by atoms with Gasteiger partial charge < -0.3 is 20.9 Å². The van der Waals surface area contributed by atoms with E-state index in [-0.39, 0.29) is 24.1 Å². The largest absolute Gasteiger partial charge is 0.351 e. The van der Waals surface area contributed by atoms with Crippen LogP contribution in [-0.4, -0.2) is 42.6 Å². The maximum absolute atomic E-state index is 14.0. The maximum Gasteiger partial charge on any atom is 0.258 e. The number of fused-ring (bicyclic) bond motifs is 1. The van der Waals surface area contributed by atoms with Gasteiger partial charge in [0.15, 0.2) is 5.78 Å². The van der Waals surface area contributed by atoms with Crippen molar-refractivity contribution in [1.29, 1.82) is 0 Å². The maximum atomic E-state index is 14.0. The van der Waals surface area contributed by atoms with Crippen LogP contribution >= 0.6 is 0 Å². The molecule has 216 valence electrons. The van der Waals surface area contributed by atoms with Crippen molar-refractivity contribution < 1.29 is 19.2 Å². The highest BCUT2D eigenvalue weighted by Crippen LogP contribution is 2.33. The van der Waals surface area contributed by atoms with Crippen LogP contribution < -0.4 is 20.9 Å². The lowest BCUT2D eigenvalue weighted by Gasteiger charge is -2.31.